The standard InChI is InChI=1S/C19H21FN2O4S/c1-12-16(27-15(22-12)10-13-2-4-14(20)5-3-13)17(23)21-11-19(18(24)25)6-8-26-9-7-19/h2-5H,6-11H2,1H3,(H,21,23)(H,24,25). The van der Waals surface area contributed by atoms with Gasteiger partial charge in [0.25, 0.3) is 5.91 Å². The van der Waals surface area contributed by atoms with Crippen LogP contribution in [0.5, 0.6) is 0 Å². The van der Waals surface area contributed by atoms with Crippen LogP contribution in [0.25, 0.3) is 0 Å². The molecule has 6 nitrogen and oxygen atoms in total. The lowest BCUT2D eigenvalue weighted by Gasteiger charge is -2.33. The Bertz CT molecular complexity index is 829. The van der Waals surface area contributed by atoms with E-state index in [0.717, 1.165) is 10.6 Å². The summed E-state index contributed by atoms with van der Waals surface area (Å²) in [7, 11) is 0. The summed E-state index contributed by atoms with van der Waals surface area (Å²) in [5, 5.41) is 13.1. The number of carbonyl (C=O) groups excluding carboxylic acids is 1. The van der Waals surface area contributed by atoms with Crippen LogP contribution in [-0.4, -0.2) is 41.7 Å². The van der Waals surface area contributed by atoms with E-state index in [1.165, 1.54) is 23.5 Å². The van der Waals surface area contributed by atoms with Crippen LogP contribution in [0.3, 0.4) is 0 Å². The van der Waals surface area contributed by atoms with Gasteiger partial charge in [-0.15, -0.1) is 11.3 Å². The molecule has 0 saturated carbocycles. The first-order chi connectivity index (χ1) is 12.9. The minimum Gasteiger partial charge on any atom is -0.481 e. The smallest absolute Gasteiger partial charge is 0.311 e. The third kappa shape index (κ3) is 4.51. The van der Waals surface area contributed by atoms with E-state index in [1.807, 2.05) is 0 Å². The van der Waals surface area contributed by atoms with Crippen molar-refractivity contribution in [3.8, 4) is 0 Å². The van der Waals surface area contributed by atoms with Crippen LogP contribution in [0.4, 0.5) is 4.39 Å². The van der Waals surface area contributed by atoms with Gasteiger partial charge < -0.3 is 15.2 Å². The van der Waals surface area contributed by atoms with E-state index >= 15 is 0 Å². The second kappa shape index (κ2) is 8.14. The summed E-state index contributed by atoms with van der Waals surface area (Å²) in [5.41, 5.74) is 0.527. The van der Waals surface area contributed by atoms with Gasteiger partial charge in [-0.3, -0.25) is 9.59 Å². The summed E-state index contributed by atoms with van der Waals surface area (Å²) in [5.74, 6) is -1.53. The maximum absolute atomic E-state index is 13.0. The summed E-state index contributed by atoms with van der Waals surface area (Å²) in [6.45, 7) is 2.57. The highest BCUT2D eigenvalue weighted by atomic mass is 32.1. The number of rotatable bonds is 6. The van der Waals surface area contributed by atoms with Crippen LogP contribution in [0.1, 0.15) is 38.8 Å². The fourth-order valence-corrected chi connectivity index (χ4v) is 4.09. The van der Waals surface area contributed by atoms with Gasteiger partial charge in [-0.1, -0.05) is 12.1 Å². The van der Waals surface area contributed by atoms with Crippen LogP contribution >= 0.6 is 11.3 Å². The lowest BCUT2D eigenvalue weighted by molar-refractivity contribution is -0.154. The summed E-state index contributed by atoms with van der Waals surface area (Å²) in [6.07, 6.45) is 1.26. The zero-order chi connectivity index (χ0) is 19.4. The number of benzene rings is 1. The van der Waals surface area contributed by atoms with Gasteiger partial charge in [0.1, 0.15) is 10.7 Å². The number of ether oxygens (including phenoxy) is 1. The Labute approximate surface area is 160 Å². The monoisotopic (exact) mass is 392 g/mol. The van der Waals surface area contributed by atoms with Gasteiger partial charge in [0.2, 0.25) is 0 Å². The van der Waals surface area contributed by atoms with Gasteiger partial charge >= 0.3 is 5.97 Å². The number of nitrogens with zero attached hydrogens (tertiary/aromatic N) is 1. The highest BCUT2D eigenvalue weighted by Gasteiger charge is 2.40. The second-order valence-corrected chi connectivity index (χ2v) is 7.79. The van der Waals surface area contributed by atoms with Crippen molar-refractivity contribution < 1.29 is 23.8 Å². The molecule has 0 bridgehead atoms. The molecule has 3 rings (SSSR count). The molecule has 27 heavy (non-hydrogen) atoms. The van der Waals surface area contributed by atoms with Crippen LogP contribution in [-0.2, 0) is 16.0 Å². The molecular weight excluding hydrogens is 371 g/mol. The number of carbonyl (C=O) groups is 2. The van der Waals surface area contributed by atoms with E-state index < -0.39 is 11.4 Å². The number of nitrogens with one attached hydrogen (secondary N) is 1. The van der Waals surface area contributed by atoms with Crippen molar-refractivity contribution >= 4 is 23.2 Å². The molecule has 0 aliphatic carbocycles. The Morgan fingerprint density at radius 3 is 2.59 bits per heavy atom. The van der Waals surface area contributed by atoms with Gasteiger partial charge in [0, 0.05) is 26.2 Å². The maximum atomic E-state index is 13.0. The van der Waals surface area contributed by atoms with Crippen molar-refractivity contribution in [1.29, 1.82) is 0 Å². The topological polar surface area (TPSA) is 88.5 Å². The van der Waals surface area contributed by atoms with E-state index in [0.29, 0.717) is 43.0 Å². The number of halogens is 1. The van der Waals surface area contributed by atoms with Gasteiger partial charge in [-0.05, 0) is 37.5 Å². The molecule has 0 spiro atoms. The largest absolute Gasteiger partial charge is 0.481 e. The number of hydrogen-bond acceptors (Lipinski definition) is 5. The van der Waals surface area contributed by atoms with E-state index in [2.05, 4.69) is 10.3 Å². The molecule has 1 aliphatic heterocycles. The molecule has 144 valence electrons. The van der Waals surface area contributed by atoms with E-state index in [9.17, 15) is 19.1 Å². The number of thiazole rings is 1. The van der Waals surface area contributed by atoms with E-state index in [4.69, 9.17) is 4.74 Å². The lowest BCUT2D eigenvalue weighted by Crippen LogP contribution is -2.46. The van der Waals surface area contributed by atoms with Gasteiger partial charge in [-0.25, -0.2) is 9.37 Å². The Kier molecular flexibility index (Phi) is 5.86. The number of aryl methyl sites for hydroxylation is 1. The third-order valence-corrected chi connectivity index (χ3v) is 5.96. The van der Waals surface area contributed by atoms with Crippen LogP contribution < -0.4 is 5.32 Å². The molecular formula is C19H21FN2O4S. The number of carboxylic acid groups (broad SMARTS) is 1. The fraction of sp³-hybridized carbons (Fsp3) is 0.421. The summed E-state index contributed by atoms with van der Waals surface area (Å²) >= 11 is 1.27. The first kappa shape index (κ1) is 19.4. The van der Waals surface area contributed by atoms with Crippen molar-refractivity contribution in [1.82, 2.24) is 10.3 Å². The molecule has 1 aromatic heterocycles. The average Bonchev–Trinajstić information content (AvgIpc) is 3.02. The zero-order valence-corrected chi connectivity index (χ0v) is 15.8. The Morgan fingerprint density at radius 2 is 1.96 bits per heavy atom. The third-order valence-electron chi connectivity index (χ3n) is 4.81. The SMILES string of the molecule is Cc1nc(Cc2ccc(F)cc2)sc1C(=O)NCC1(C(=O)O)CCOCC1. The number of hydrogen-bond donors (Lipinski definition) is 2. The molecule has 1 saturated heterocycles. The highest BCUT2D eigenvalue weighted by Crippen LogP contribution is 2.30. The molecule has 1 amide bonds. The van der Waals surface area contributed by atoms with E-state index in [-0.39, 0.29) is 18.3 Å². The minimum absolute atomic E-state index is 0.0646. The molecule has 1 aromatic carbocycles. The first-order valence-electron chi connectivity index (χ1n) is 8.70. The number of aromatic nitrogens is 1. The maximum Gasteiger partial charge on any atom is 0.311 e. The molecule has 0 atom stereocenters. The van der Waals surface area contributed by atoms with E-state index in [1.54, 1.807) is 19.1 Å². The predicted molar refractivity (Wildman–Crippen MR) is 98.5 cm³/mol. The quantitative estimate of drug-likeness (QED) is 0.789. The van der Waals surface area contributed by atoms with Crippen LogP contribution in [0.15, 0.2) is 24.3 Å². The van der Waals surface area contributed by atoms with Crippen molar-refractivity contribution in [3.63, 3.8) is 0 Å². The van der Waals surface area contributed by atoms with Gasteiger partial charge in [0.05, 0.1) is 16.1 Å². The molecule has 1 fully saturated rings. The molecule has 1 aliphatic rings. The number of aliphatic carboxylic acids is 1. The van der Waals surface area contributed by atoms with Crippen molar-refractivity contribution in [3.05, 3.63) is 51.2 Å². The second-order valence-electron chi connectivity index (χ2n) is 6.71. The van der Waals surface area contributed by atoms with Gasteiger partial charge in [-0.2, -0.15) is 0 Å². The Hall–Kier alpha value is -2.32. The summed E-state index contributed by atoms with van der Waals surface area (Å²) in [4.78, 5) is 29.1. The average molecular weight is 392 g/mol. The molecule has 8 heteroatoms. The molecule has 0 unspecified atom stereocenters. The van der Waals surface area contributed by atoms with Crippen LogP contribution in [0, 0.1) is 18.2 Å². The fourth-order valence-electron chi connectivity index (χ4n) is 3.07. The van der Waals surface area contributed by atoms with Gasteiger partial charge in [0.15, 0.2) is 0 Å². The Morgan fingerprint density at radius 1 is 1.30 bits per heavy atom. The van der Waals surface area contributed by atoms with Crippen molar-refractivity contribution in [2.75, 3.05) is 19.8 Å². The highest BCUT2D eigenvalue weighted by molar-refractivity contribution is 7.13. The molecule has 0 radical (unpaired) electrons. The predicted octanol–water partition coefficient (Wildman–Crippen LogP) is 2.79. The first-order valence-corrected chi connectivity index (χ1v) is 9.51. The number of carboxylic acids is 1. The normalized spacial score (nSPS) is 16.1. The molecule has 2 N–H and O–H groups in total. The van der Waals surface area contributed by atoms with Crippen molar-refractivity contribution in [2.45, 2.75) is 26.2 Å². The number of amides is 1. The molecule has 2 heterocycles. The lowest BCUT2D eigenvalue weighted by atomic mass is 9.80. The van der Waals surface area contributed by atoms with Crippen LogP contribution in [0.2, 0.25) is 0 Å². The van der Waals surface area contributed by atoms with Crippen molar-refractivity contribution in [2.24, 2.45) is 5.41 Å². The summed E-state index contributed by atoms with van der Waals surface area (Å²) in [6, 6.07) is 6.16. The summed E-state index contributed by atoms with van der Waals surface area (Å²) < 4.78 is 18.3. The molecule has 2 aromatic rings. The minimum atomic E-state index is -0.983. The zero-order valence-electron chi connectivity index (χ0n) is 15.0. The Balaban J connectivity index is 1.67.